The van der Waals surface area contributed by atoms with E-state index in [1.54, 1.807) is 10.6 Å². The molecule has 4 rings (SSSR count). The van der Waals surface area contributed by atoms with Gasteiger partial charge < -0.3 is 9.72 Å². The van der Waals surface area contributed by atoms with E-state index in [1.807, 2.05) is 6.20 Å². The van der Waals surface area contributed by atoms with Crippen molar-refractivity contribution in [3.05, 3.63) is 63.8 Å². The number of sulfonamides is 1. The lowest BCUT2D eigenvalue weighted by Crippen LogP contribution is -2.14. The number of aromatic nitrogens is 2. The first-order valence-electron chi connectivity index (χ1n) is 8.44. The molecule has 1 fully saturated rings. The largest absolute Gasteiger partial charge is 0.379 e. The number of imidazole rings is 1. The van der Waals surface area contributed by atoms with Gasteiger partial charge in [-0.05, 0) is 42.5 Å². The van der Waals surface area contributed by atoms with Crippen LogP contribution in [-0.2, 0) is 16.6 Å². The highest BCUT2D eigenvalue weighted by atomic mass is 32.2. The topological polar surface area (TPSA) is 133 Å². The zero-order chi connectivity index (χ0) is 20.1. The van der Waals surface area contributed by atoms with Crippen LogP contribution in [0.4, 0.5) is 15.8 Å². The molecule has 0 atom stereocenters. The molecule has 146 valence electrons. The summed E-state index contributed by atoms with van der Waals surface area (Å²) >= 11 is 0. The summed E-state index contributed by atoms with van der Waals surface area (Å²) in [7, 11) is -4.22. The van der Waals surface area contributed by atoms with Gasteiger partial charge in [0.1, 0.15) is 0 Å². The summed E-state index contributed by atoms with van der Waals surface area (Å²) in [5.74, 6) is 0.00422. The minimum absolute atomic E-state index is 0.172. The first-order chi connectivity index (χ1) is 13.2. The summed E-state index contributed by atoms with van der Waals surface area (Å²) in [5, 5.41) is 19.1. The van der Waals surface area contributed by atoms with Crippen LogP contribution in [0.2, 0.25) is 0 Å². The average Bonchev–Trinajstić information content (AvgIpc) is 3.39. The van der Waals surface area contributed by atoms with Crippen LogP contribution in [0.5, 0.6) is 0 Å². The van der Waals surface area contributed by atoms with Crippen LogP contribution in [0.25, 0.3) is 5.65 Å². The number of halogens is 1. The second kappa shape index (κ2) is 6.53. The number of primary sulfonamides is 1. The van der Waals surface area contributed by atoms with Gasteiger partial charge in [-0.3, -0.25) is 10.1 Å². The second-order valence-electron chi connectivity index (χ2n) is 6.70. The van der Waals surface area contributed by atoms with E-state index in [1.165, 1.54) is 12.1 Å². The third-order valence-electron chi connectivity index (χ3n) is 4.56. The van der Waals surface area contributed by atoms with E-state index in [0.29, 0.717) is 17.3 Å². The molecule has 0 aliphatic heterocycles. The Morgan fingerprint density at radius 3 is 2.71 bits per heavy atom. The normalized spacial score (nSPS) is 14.4. The predicted molar refractivity (Wildman–Crippen MR) is 98.9 cm³/mol. The number of benzene rings is 1. The number of pyridine rings is 1. The van der Waals surface area contributed by atoms with Gasteiger partial charge in [-0.25, -0.2) is 22.9 Å². The van der Waals surface area contributed by atoms with Crippen LogP contribution in [0.3, 0.4) is 0 Å². The number of rotatable bonds is 6. The van der Waals surface area contributed by atoms with Crippen LogP contribution in [0.15, 0.2) is 41.6 Å². The number of hydrogen-bond acceptors (Lipinski definition) is 6. The first kappa shape index (κ1) is 18.3. The van der Waals surface area contributed by atoms with Crippen molar-refractivity contribution in [3.63, 3.8) is 0 Å². The summed E-state index contributed by atoms with van der Waals surface area (Å²) in [4.78, 5) is 14.0. The maximum Gasteiger partial charge on any atom is 0.291 e. The Morgan fingerprint density at radius 1 is 1.32 bits per heavy atom. The monoisotopic (exact) mass is 405 g/mol. The quantitative estimate of drug-likeness (QED) is 0.478. The van der Waals surface area contributed by atoms with Crippen molar-refractivity contribution in [1.82, 2.24) is 9.38 Å². The highest BCUT2D eigenvalue weighted by Gasteiger charge is 2.25. The average molecular weight is 405 g/mol. The predicted octanol–water partition coefficient (Wildman–Crippen LogP) is 2.52. The summed E-state index contributed by atoms with van der Waals surface area (Å²) in [6, 6.07) is 5.03. The molecule has 1 aliphatic rings. The summed E-state index contributed by atoms with van der Waals surface area (Å²) < 4.78 is 38.8. The molecule has 1 saturated carbocycles. The number of hydrogen-bond donors (Lipinski definition) is 2. The molecule has 0 unspecified atom stereocenters. The van der Waals surface area contributed by atoms with Crippen molar-refractivity contribution in [3.8, 4) is 0 Å². The first-order valence-corrected chi connectivity index (χ1v) is 9.99. The molecular formula is C17H16FN5O4S. The molecule has 11 heteroatoms. The highest BCUT2D eigenvalue weighted by molar-refractivity contribution is 7.89. The van der Waals surface area contributed by atoms with Gasteiger partial charge in [0.2, 0.25) is 10.0 Å². The van der Waals surface area contributed by atoms with Crippen molar-refractivity contribution >= 4 is 27.0 Å². The van der Waals surface area contributed by atoms with E-state index in [-0.39, 0.29) is 12.2 Å². The van der Waals surface area contributed by atoms with E-state index in [4.69, 9.17) is 5.14 Å². The molecule has 1 aromatic carbocycles. The van der Waals surface area contributed by atoms with Crippen LogP contribution >= 0.6 is 0 Å². The molecule has 1 aliphatic carbocycles. The zero-order valence-electron chi connectivity index (χ0n) is 14.5. The van der Waals surface area contributed by atoms with Crippen molar-refractivity contribution in [1.29, 1.82) is 0 Å². The number of nitrogens with two attached hydrogens (primary N) is 1. The Kier molecular flexibility index (Phi) is 4.27. The Balaban J connectivity index is 1.58. The molecule has 3 N–H and O–H groups in total. The molecule has 28 heavy (non-hydrogen) atoms. The van der Waals surface area contributed by atoms with Gasteiger partial charge in [-0.2, -0.15) is 0 Å². The van der Waals surface area contributed by atoms with Gasteiger partial charge in [-0.1, -0.05) is 0 Å². The number of nitrogens with one attached hydrogen (secondary N) is 1. The number of nitro benzene ring substituents is 1. The van der Waals surface area contributed by atoms with Crippen LogP contribution < -0.4 is 10.5 Å². The Labute approximate surface area is 159 Å². The SMILES string of the molecule is NS(=O)(=O)c1ccc(NCc2cn3cc(C4CC4)cc(F)c3n2)cc1[N+](=O)[O-]. The maximum atomic E-state index is 14.3. The molecule has 3 aromatic rings. The Morgan fingerprint density at radius 2 is 2.07 bits per heavy atom. The second-order valence-corrected chi connectivity index (χ2v) is 8.23. The third-order valence-corrected chi connectivity index (χ3v) is 5.52. The Bertz CT molecular complexity index is 1200. The summed E-state index contributed by atoms with van der Waals surface area (Å²) in [6.45, 7) is 0.172. The van der Waals surface area contributed by atoms with Crippen molar-refractivity contribution in [2.45, 2.75) is 30.2 Å². The fourth-order valence-electron chi connectivity index (χ4n) is 3.06. The molecule has 0 saturated heterocycles. The van der Waals surface area contributed by atoms with Crippen LogP contribution in [-0.4, -0.2) is 22.7 Å². The van der Waals surface area contributed by atoms with Gasteiger partial charge >= 0.3 is 0 Å². The van der Waals surface area contributed by atoms with Gasteiger partial charge in [0, 0.05) is 24.1 Å². The Hall–Kier alpha value is -3.05. The number of anilines is 1. The van der Waals surface area contributed by atoms with Crippen LogP contribution in [0.1, 0.15) is 30.0 Å². The van der Waals surface area contributed by atoms with Gasteiger partial charge in [0.15, 0.2) is 16.4 Å². The molecule has 0 radical (unpaired) electrons. The summed E-state index contributed by atoms with van der Waals surface area (Å²) in [6.07, 6.45) is 5.66. The lowest BCUT2D eigenvalue weighted by Gasteiger charge is -2.06. The minimum Gasteiger partial charge on any atom is -0.379 e. The van der Waals surface area contributed by atoms with Gasteiger partial charge in [0.25, 0.3) is 5.69 Å². The standard InChI is InChI=1S/C17H16FN5O4S/c18-14-5-11(10-1-2-10)8-22-9-13(21-17(14)22)7-20-12-3-4-16(28(19,26)27)15(6-12)23(24)25/h3-6,8-10,20H,1-2,7H2,(H2,19,26,27). The van der Waals surface area contributed by atoms with E-state index < -0.39 is 31.3 Å². The molecule has 2 heterocycles. The molecule has 0 bridgehead atoms. The van der Waals surface area contributed by atoms with Crippen molar-refractivity contribution in [2.24, 2.45) is 5.14 Å². The third kappa shape index (κ3) is 3.53. The van der Waals surface area contributed by atoms with E-state index in [0.717, 1.165) is 30.5 Å². The van der Waals surface area contributed by atoms with Crippen LogP contribution in [0, 0.1) is 15.9 Å². The maximum absolute atomic E-state index is 14.3. The number of nitrogens with zero attached hydrogens (tertiary/aromatic N) is 3. The van der Waals surface area contributed by atoms with Crippen molar-refractivity contribution in [2.75, 3.05) is 5.32 Å². The summed E-state index contributed by atoms with van der Waals surface area (Å²) in [5.41, 5.74) is 1.37. The van der Waals surface area contributed by atoms with Gasteiger partial charge in [0.05, 0.1) is 17.2 Å². The molecular weight excluding hydrogens is 389 g/mol. The minimum atomic E-state index is -4.22. The molecule has 2 aromatic heterocycles. The van der Waals surface area contributed by atoms with E-state index >= 15 is 0 Å². The van der Waals surface area contributed by atoms with E-state index in [2.05, 4.69) is 10.3 Å². The van der Waals surface area contributed by atoms with E-state index in [9.17, 15) is 22.9 Å². The number of fused-ring (bicyclic) bond motifs is 1. The van der Waals surface area contributed by atoms with Gasteiger partial charge in [-0.15, -0.1) is 0 Å². The lowest BCUT2D eigenvalue weighted by molar-refractivity contribution is -0.387. The molecule has 9 nitrogen and oxygen atoms in total. The van der Waals surface area contributed by atoms with Crippen molar-refractivity contribution < 1.29 is 17.7 Å². The smallest absolute Gasteiger partial charge is 0.291 e. The number of nitro groups is 1. The molecule has 0 amide bonds. The lowest BCUT2D eigenvalue weighted by atomic mass is 10.2. The molecule has 0 spiro atoms. The zero-order valence-corrected chi connectivity index (χ0v) is 15.3. The fraction of sp³-hybridized carbons (Fsp3) is 0.235. The highest BCUT2D eigenvalue weighted by Crippen LogP contribution is 2.40. The fourth-order valence-corrected chi connectivity index (χ4v) is 3.74.